The molecular formula is C19H19N3O2S. The maximum Gasteiger partial charge on any atom is 0.250 e. The standard InChI is InChI=1S/C19H19N3O2S/c1-2-24-16-6-4-3-5-12(16)9-14(19(21)23)18-15(10-20)13-7-8-22-11-17(13)25-18/h3-6,9,22H,2,7-8,11H2,1H3,(H2,21,23). The molecule has 128 valence electrons. The summed E-state index contributed by atoms with van der Waals surface area (Å²) in [6.45, 7) is 3.99. The van der Waals surface area contributed by atoms with E-state index in [1.165, 1.54) is 11.3 Å². The van der Waals surface area contributed by atoms with Gasteiger partial charge in [-0.3, -0.25) is 4.79 Å². The first-order valence-corrected chi connectivity index (χ1v) is 8.96. The fourth-order valence-electron chi connectivity index (χ4n) is 2.93. The molecule has 0 aliphatic carbocycles. The van der Waals surface area contributed by atoms with E-state index in [0.29, 0.717) is 28.4 Å². The normalized spacial score (nSPS) is 13.8. The summed E-state index contributed by atoms with van der Waals surface area (Å²) in [6.07, 6.45) is 2.51. The number of thiophene rings is 1. The van der Waals surface area contributed by atoms with Crippen LogP contribution in [0.1, 0.15) is 33.4 Å². The Hall–Kier alpha value is -2.62. The number of nitrogens with zero attached hydrogens (tertiary/aromatic N) is 1. The van der Waals surface area contributed by atoms with Crippen molar-refractivity contribution in [1.29, 1.82) is 5.26 Å². The predicted octanol–water partition coefficient (Wildman–Crippen LogP) is 2.69. The molecule has 3 rings (SSSR count). The number of amides is 1. The van der Waals surface area contributed by atoms with Crippen LogP contribution in [0.4, 0.5) is 0 Å². The third kappa shape index (κ3) is 3.43. The summed E-state index contributed by atoms with van der Waals surface area (Å²) in [7, 11) is 0. The lowest BCUT2D eigenvalue weighted by molar-refractivity contribution is -0.112. The predicted molar refractivity (Wildman–Crippen MR) is 99.1 cm³/mol. The number of fused-ring (bicyclic) bond motifs is 1. The highest BCUT2D eigenvalue weighted by Gasteiger charge is 2.24. The molecule has 0 saturated heterocycles. The molecule has 0 fully saturated rings. The number of nitrogens with one attached hydrogen (secondary N) is 1. The van der Waals surface area contributed by atoms with Crippen molar-refractivity contribution in [2.45, 2.75) is 19.9 Å². The number of carbonyl (C=O) groups is 1. The Labute approximate surface area is 150 Å². The van der Waals surface area contributed by atoms with E-state index in [2.05, 4.69) is 11.4 Å². The van der Waals surface area contributed by atoms with Gasteiger partial charge in [-0.05, 0) is 37.6 Å². The maximum absolute atomic E-state index is 12.1. The molecule has 0 atom stereocenters. The lowest BCUT2D eigenvalue weighted by Crippen LogP contribution is -2.22. The van der Waals surface area contributed by atoms with Crippen LogP contribution in [-0.4, -0.2) is 19.1 Å². The number of hydrogen-bond acceptors (Lipinski definition) is 5. The second-order valence-corrected chi connectivity index (χ2v) is 6.74. The highest BCUT2D eigenvalue weighted by molar-refractivity contribution is 7.14. The van der Waals surface area contributed by atoms with Crippen LogP contribution in [0, 0.1) is 11.3 Å². The Morgan fingerprint density at radius 3 is 3.00 bits per heavy atom. The third-order valence-electron chi connectivity index (χ3n) is 4.07. The zero-order valence-corrected chi connectivity index (χ0v) is 14.8. The first-order valence-electron chi connectivity index (χ1n) is 8.14. The second kappa shape index (κ2) is 7.51. The van der Waals surface area contributed by atoms with Gasteiger partial charge in [0.25, 0.3) is 0 Å². The molecule has 1 aliphatic rings. The van der Waals surface area contributed by atoms with E-state index in [1.54, 1.807) is 6.08 Å². The quantitative estimate of drug-likeness (QED) is 0.809. The molecule has 0 saturated carbocycles. The fourth-order valence-corrected chi connectivity index (χ4v) is 4.22. The summed E-state index contributed by atoms with van der Waals surface area (Å²) < 4.78 is 5.62. The molecule has 5 nitrogen and oxygen atoms in total. The Kier molecular flexibility index (Phi) is 5.17. The van der Waals surface area contributed by atoms with Crippen LogP contribution in [-0.2, 0) is 17.8 Å². The third-order valence-corrected chi connectivity index (χ3v) is 5.33. The van der Waals surface area contributed by atoms with Gasteiger partial charge in [-0.1, -0.05) is 18.2 Å². The molecular weight excluding hydrogens is 334 g/mol. The lowest BCUT2D eigenvalue weighted by Gasteiger charge is -2.11. The topological polar surface area (TPSA) is 88.1 Å². The average Bonchev–Trinajstić information content (AvgIpc) is 2.99. The van der Waals surface area contributed by atoms with Crippen molar-refractivity contribution < 1.29 is 9.53 Å². The van der Waals surface area contributed by atoms with Gasteiger partial charge in [0.1, 0.15) is 11.8 Å². The Balaban J connectivity index is 2.14. The monoisotopic (exact) mass is 353 g/mol. The van der Waals surface area contributed by atoms with E-state index in [4.69, 9.17) is 10.5 Å². The van der Waals surface area contributed by atoms with Crippen molar-refractivity contribution in [3.05, 3.63) is 50.7 Å². The van der Waals surface area contributed by atoms with Gasteiger partial charge in [0.2, 0.25) is 5.91 Å². The summed E-state index contributed by atoms with van der Waals surface area (Å²) in [6, 6.07) is 9.74. The van der Waals surface area contributed by atoms with E-state index >= 15 is 0 Å². The van der Waals surface area contributed by atoms with Gasteiger partial charge < -0.3 is 15.8 Å². The Bertz CT molecular complexity index is 877. The van der Waals surface area contributed by atoms with E-state index in [1.807, 2.05) is 31.2 Å². The number of nitrogens with two attached hydrogens (primary N) is 1. The zero-order valence-electron chi connectivity index (χ0n) is 14.0. The molecule has 1 aromatic carbocycles. The number of nitriles is 1. The van der Waals surface area contributed by atoms with E-state index in [-0.39, 0.29) is 0 Å². The van der Waals surface area contributed by atoms with Gasteiger partial charge in [0.15, 0.2) is 0 Å². The van der Waals surface area contributed by atoms with Gasteiger partial charge in [-0.25, -0.2) is 0 Å². The Morgan fingerprint density at radius 2 is 2.28 bits per heavy atom. The van der Waals surface area contributed by atoms with Crippen LogP contribution in [0.2, 0.25) is 0 Å². The number of carbonyl (C=O) groups excluding carboxylic acids is 1. The van der Waals surface area contributed by atoms with Gasteiger partial charge in [-0.15, -0.1) is 11.3 Å². The van der Waals surface area contributed by atoms with Crippen molar-refractivity contribution in [2.24, 2.45) is 5.73 Å². The molecule has 2 aromatic rings. The Morgan fingerprint density at radius 1 is 1.48 bits per heavy atom. The smallest absolute Gasteiger partial charge is 0.250 e. The molecule has 2 heterocycles. The number of para-hydroxylation sites is 1. The molecule has 1 aromatic heterocycles. The molecule has 0 radical (unpaired) electrons. The van der Waals surface area contributed by atoms with Crippen LogP contribution >= 0.6 is 11.3 Å². The molecule has 6 heteroatoms. The van der Waals surface area contributed by atoms with Gasteiger partial charge in [0, 0.05) is 17.0 Å². The van der Waals surface area contributed by atoms with Crippen LogP contribution in [0.15, 0.2) is 24.3 Å². The first kappa shape index (κ1) is 17.2. The lowest BCUT2D eigenvalue weighted by atomic mass is 9.99. The van der Waals surface area contributed by atoms with Crippen LogP contribution in [0.3, 0.4) is 0 Å². The number of ether oxygens (including phenoxy) is 1. The van der Waals surface area contributed by atoms with E-state index in [0.717, 1.165) is 35.5 Å². The minimum atomic E-state index is -0.547. The number of benzene rings is 1. The van der Waals surface area contributed by atoms with Crippen LogP contribution < -0.4 is 15.8 Å². The molecule has 0 spiro atoms. The SMILES string of the molecule is CCOc1ccccc1C=C(C(N)=O)c1sc2c(c1C#N)CCNC2. The van der Waals surface area contributed by atoms with Crippen molar-refractivity contribution in [2.75, 3.05) is 13.2 Å². The molecule has 0 unspecified atom stereocenters. The van der Waals surface area contributed by atoms with E-state index in [9.17, 15) is 10.1 Å². The van der Waals surface area contributed by atoms with Crippen LogP contribution in [0.5, 0.6) is 5.75 Å². The highest BCUT2D eigenvalue weighted by Crippen LogP contribution is 2.36. The van der Waals surface area contributed by atoms with Crippen molar-refractivity contribution >= 4 is 28.9 Å². The summed E-state index contributed by atoms with van der Waals surface area (Å²) >= 11 is 1.47. The summed E-state index contributed by atoms with van der Waals surface area (Å²) in [4.78, 5) is 13.9. The summed E-state index contributed by atoms with van der Waals surface area (Å²) in [5.74, 6) is 0.139. The minimum Gasteiger partial charge on any atom is -0.493 e. The van der Waals surface area contributed by atoms with Gasteiger partial charge in [0.05, 0.1) is 22.6 Å². The molecule has 3 N–H and O–H groups in total. The number of hydrogen-bond donors (Lipinski definition) is 2. The number of primary amides is 1. The average molecular weight is 353 g/mol. The van der Waals surface area contributed by atoms with E-state index < -0.39 is 5.91 Å². The summed E-state index contributed by atoms with van der Waals surface area (Å²) in [5, 5.41) is 12.9. The number of rotatable bonds is 5. The van der Waals surface area contributed by atoms with Crippen molar-refractivity contribution in [3.63, 3.8) is 0 Å². The maximum atomic E-state index is 12.1. The largest absolute Gasteiger partial charge is 0.493 e. The zero-order chi connectivity index (χ0) is 17.8. The van der Waals surface area contributed by atoms with Crippen LogP contribution in [0.25, 0.3) is 11.6 Å². The van der Waals surface area contributed by atoms with Gasteiger partial charge >= 0.3 is 0 Å². The van der Waals surface area contributed by atoms with Crippen molar-refractivity contribution in [3.8, 4) is 11.8 Å². The summed E-state index contributed by atoms with van der Waals surface area (Å²) in [5.41, 5.74) is 8.38. The fraction of sp³-hybridized carbons (Fsp3) is 0.263. The molecule has 1 amide bonds. The molecule has 1 aliphatic heterocycles. The second-order valence-electron chi connectivity index (χ2n) is 5.64. The minimum absolute atomic E-state index is 0.350. The molecule has 25 heavy (non-hydrogen) atoms. The highest BCUT2D eigenvalue weighted by atomic mass is 32.1. The first-order chi connectivity index (χ1) is 12.2. The van der Waals surface area contributed by atoms with Gasteiger partial charge in [-0.2, -0.15) is 5.26 Å². The van der Waals surface area contributed by atoms with Crippen molar-refractivity contribution in [1.82, 2.24) is 5.32 Å². The molecule has 0 bridgehead atoms.